The maximum atomic E-state index is 11.5. The van der Waals surface area contributed by atoms with Crippen molar-refractivity contribution in [1.82, 2.24) is 5.32 Å². The van der Waals surface area contributed by atoms with E-state index in [1.54, 1.807) is 18.2 Å². The van der Waals surface area contributed by atoms with Gasteiger partial charge in [-0.05, 0) is 29.3 Å². The number of benzene rings is 2. The molecule has 0 saturated carbocycles. The highest BCUT2D eigenvalue weighted by atomic mass is 16.5. The molecule has 0 unspecified atom stereocenters. The summed E-state index contributed by atoms with van der Waals surface area (Å²) in [5, 5.41) is 2.67. The fourth-order valence-electron chi connectivity index (χ4n) is 2.13. The molecule has 2 rings (SSSR count). The van der Waals surface area contributed by atoms with Crippen molar-refractivity contribution in [3.05, 3.63) is 78.4 Å². The molecule has 0 radical (unpaired) electrons. The van der Waals surface area contributed by atoms with Crippen LogP contribution in [0.2, 0.25) is 0 Å². The summed E-state index contributed by atoms with van der Waals surface area (Å²) in [6, 6.07) is 15.6. The third kappa shape index (κ3) is 5.65. The van der Waals surface area contributed by atoms with E-state index in [0.29, 0.717) is 24.6 Å². The van der Waals surface area contributed by atoms with Gasteiger partial charge in [-0.3, -0.25) is 4.79 Å². The number of anilines is 1. The highest BCUT2D eigenvalue weighted by molar-refractivity contribution is 5.91. The molecule has 3 N–H and O–H groups in total. The summed E-state index contributed by atoms with van der Waals surface area (Å²) in [6.45, 7) is 4.55. The molecule has 0 aliphatic rings. The first kappa shape index (κ1) is 17.3. The van der Waals surface area contributed by atoms with Gasteiger partial charge in [0.05, 0.1) is 12.3 Å². The SMILES string of the molecule is C=CCNC(=O)/C=C\c1ccc(OCCc2ccccc2)c(N)c1. The number of hydrogen-bond acceptors (Lipinski definition) is 3. The number of carbonyl (C=O) groups is 1. The normalized spacial score (nSPS) is 10.5. The van der Waals surface area contributed by atoms with E-state index in [9.17, 15) is 4.79 Å². The minimum Gasteiger partial charge on any atom is -0.491 e. The lowest BCUT2D eigenvalue weighted by Crippen LogP contribution is -2.20. The summed E-state index contributed by atoms with van der Waals surface area (Å²) in [5.41, 5.74) is 8.63. The molecule has 4 nitrogen and oxygen atoms in total. The van der Waals surface area contributed by atoms with Gasteiger partial charge in [-0.1, -0.05) is 42.5 Å². The molecule has 0 aliphatic heterocycles. The van der Waals surface area contributed by atoms with Gasteiger partial charge in [-0.25, -0.2) is 0 Å². The average Bonchev–Trinajstić information content (AvgIpc) is 2.60. The first-order chi connectivity index (χ1) is 11.7. The Morgan fingerprint density at radius 2 is 2.00 bits per heavy atom. The summed E-state index contributed by atoms with van der Waals surface area (Å²) in [7, 11) is 0. The van der Waals surface area contributed by atoms with Crippen LogP contribution in [0.4, 0.5) is 5.69 Å². The van der Waals surface area contributed by atoms with Gasteiger partial charge in [-0.2, -0.15) is 0 Å². The monoisotopic (exact) mass is 322 g/mol. The number of rotatable bonds is 8. The van der Waals surface area contributed by atoms with Gasteiger partial charge < -0.3 is 15.8 Å². The number of ether oxygens (including phenoxy) is 1. The molecule has 0 heterocycles. The zero-order valence-electron chi connectivity index (χ0n) is 13.6. The molecule has 0 aliphatic carbocycles. The summed E-state index contributed by atoms with van der Waals surface area (Å²) in [4.78, 5) is 11.5. The van der Waals surface area contributed by atoms with Crippen LogP contribution in [0.1, 0.15) is 11.1 Å². The zero-order chi connectivity index (χ0) is 17.2. The maximum Gasteiger partial charge on any atom is 0.244 e. The van der Waals surface area contributed by atoms with Crippen molar-refractivity contribution < 1.29 is 9.53 Å². The number of nitrogens with one attached hydrogen (secondary N) is 1. The zero-order valence-corrected chi connectivity index (χ0v) is 13.6. The molecule has 2 aromatic carbocycles. The van der Waals surface area contributed by atoms with Crippen molar-refractivity contribution in [2.24, 2.45) is 0 Å². The number of amides is 1. The summed E-state index contributed by atoms with van der Waals surface area (Å²) in [5.74, 6) is 0.482. The van der Waals surface area contributed by atoms with Crippen LogP contribution in [0.3, 0.4) is 0 Å². The fourth-order valence-corrected chi connectivity index (χ4v) is 2.13. The Kier molecular flexibility index (Phi) is 6.65. The van der Waals surface area contributed by atoms with Gasteiger partial charge in [0.25, 0.3) is 0 Å². The molecule has 0 fully saturated rings. The second kappa shape index (κ2) is 9.20. The van der Waals surface area contributed by atoms with E-state index in [4.69, 9.17) is 10.5 Å². The lowest BCUT2D eigenvalue weighted by molar-refractivity contribution is -0.116. The Balaban J connectivity index is 1.88. The van der Waals surface area contributed by atoms with E-state index in [1.165, 1.54) is 11.6 Å². The second-order valence-corrected chi connectivity index (χ2v) is 5.25. The van der Waals surface area contributed by atoms with Gasteiger partial charge in [0, 0.05) is 19.0 Å². The quantitative estimate of drug-likeness (QED) is 0.445. The molecule has 2 aromatic rings. The van der Waals surface area contributed by atoms with Crippen molar-refractivity contribution in [1.29, 1.82) is 0 Å². The van der Waals surface area contributed by atoms with E-state index in [1.807, 2.05) is 30.3 Å². The third-order valence-corrected chi connectivity index (χ3v) is 3.37. The van der Waals surface area contributed by atoms with Crippen LogP contribution in [0.15, 0.2) is 67.3 Å². The lowest BCUT2D eigenvalue weighted by atomic mass is 10.1. The van der Waals surface area contributed by atoms with E-state index in [0.717, 1.165) is 12.0 Å². The van der Waals surface area contributed by atoms with Crippen molar-refractivity contribution in [2.75, 3.05) is 18.9 Å². The maximum absolute atomic E-state index is 11.5. The standard InChI is InChI=1S/C20H22N2O2/c1-2-13-22-20(23)11-9-17-8-10-19(18(21)15-17)24-14-12-16-6-4-3-5-7-16/h2-11,15H,1,12-14,21H2,(H,22,23)/b11-9-. The number of carbonyl (C=O) groups excluding carboxylic acids is 1. The van der Waals surface area contributed by atoms with Crippen LogP contribution in [-0.4, -0.2) is 19.1 Å². The predicted molar refractivity (Wildman–Crippen MR) is 98.7 cm³/mol. The molecule has 0 atom stereocenters. The molecular formula is C20H22N2O2. The Morgan fingerprint density at radius 3 is 2.71 bits per heavy atom. The molecular weight excluding hydrogens is 300 g/mol. The highest BCUT2D eigenvalue weighted by Gasteiger charge is 2.02. The predicted octanol–water partition coefficient (Wildman–Crippen LogP) is 3.21. The molecule has 0 saturated heterocycles. The highest BCUT2D eigenvalue weighted by Crippen LogP contribution is 2.23. The molecule has 1 amide bonds. The Hall–Kier alpha value is -3.01. The lowest BCUT2D eigenvalue weighted by Gasteiger charge is -2.09. The second-order valence-electron chi connectivity index (χ2n) is 5.25. The van der Waals surface area contributed by atoms with Crippen LogP contribution in [0.5, 0.6) is 5.75 Å². The number of nitrogen functional groups attached to an aromatic ring is 1. The molecule has 0 aromatic heterocycles. The van der Waals surface area contributed by atoms with E-state index in [-0.39, 0.29) is 5.91 Å². The van der Waals surface area contributed by atoms with Gasteiger partial charge in [-0.15, -0.1) is 6.58 Å². The fraction of sp³-hybridized carbons (Fsp3) is 0.150. The molecule has 0 bridgehead atoms. The van der Waals surface area contributed by atoms with Crippen molar-refractivity contribution in [3.63, 3.8) is 0 Å². The van der Waals surface area contributed by atoms with Gasteiger partial charge in [0.1, 0.15) is 5.75 Å². The largest absolute Gasteiger partial charge is 0.491 e. The molecule has 24 heavy (non-hydrogen) atoms. The summed E-state index contributed by atoms with van der Waals surface area (Å²) >= 11 is 0. The first-order valence-corrected chi connectivity index (χ1v) is 7.82. The molecule has 4 heteroatoms. The van der Waals surface area contributed by atoms with E-state index >= 15 is 0 Å². The van der Waals surface area contributed by atoms with Crippen molar-refractivity contribution >= 4 is 17.7 Å². The van der Waals surface area contributed by atoms with Crippen LogP contribution in [0.25, 0.3) is 6.08 Å². The summed E-state index contributed by atoms with van der Waals surface area (Å²) < 4.78 is 5.73. The Morgan fingerprint density at radius 1 is 1.21 bits per heavy atom. The number of nitrogens with two attached hydrogens (primary N) is 1. The van der Waals surface area contributed by atoms with Crippen LogP contribution in [-0.2, 0) is 11.2 Å². The van der Waals surface area contributed by atoms with Gasteiger partial charge in [0.15, 0.2) is 0 Å². The average molecular weight is 322 g/mol. The smallest absolute Gasteiger partial charge is 0.244 e. The first-order valence-electron chi connectivity index (χ1n) is 7.82. The van der Waals surface area contributed by atoms with Crippen LogP contribution < -0.4 is 15.8 Å². The number of hydrogen-bond donors (Lipinski definition) is 2. The molecule has 124 valence electrons. The van der Waals surface area contributed by atoms with Crippen LogP contribution >= 0.6 is 0 Å². The van der Waals surface area contributed by atoms with Crippen molar-refractivity contribution in [3.8, 4) is 5.75 Å². The van der Waals surface area contributed by atoms with Crippen LogP contribution in [0, 0.1) is 0 Å². The van der Waals surface area contributed by atoms with E-state index in [2.05, 4.69) is 24.0 Å². The topological polar surface area (TPSA) is 64.3 Å². The molecule has 0 spiro atoms. The van der Waals surface area contributed by atoms with Gasteiger partial charge in [0.2, 0.25) is 5.91 Å². The summed E-state index contributed by atoms with van der Waals surface area (Å²) in [6.07, 6.45) is 5.63. The Labute approximate surface area is 142 Å². The minimum atomic E-state index is -0.170. The van der Waals surface area contributed by atoms with E-state index < -0.39 is 0 Å². The Bertz CT molecular complexity index is 709. The third-order valence-electron chi connectivity index (χ3n) is 3.37. The minimum absolute atomic E-state index is 0.170. The van der Waals surface area contributed by atoms with Crippen molar-refractivity contribution in [2.45, 2.75) is 6.42 Å². The van der Waals surface area contributed by atoms with Gasteiger partial charge >= 0.3 is 0 Å².